The number of ether oxygens (including phenoxy) is 1. The smallest absolute Gasteiger partial charge is 0.207 e. The van der Waals surface area contributed by atoms with E-state index < -0.39 is 0 Å². The molecular formula is C16H22N4O. The average molecular weight is 286 g/mol. The van der Waals surface area contributed by atoms with E-state index in [4.69, 9.17) is 4.74 Å². The Morgan fingerprint density at radius 3 is 2.71 bits per heavy atom. The minimum absolute atomic E-state index is 0.867. The molecule has 2 heterocycles. The first-order chi connectivity index (χ1) is 10.4. The van der Waals surface area contributed by atoms with Crippen LogP contribution in [0.1, 0.15) is 6.42 Å². The second kappa shape index (κ2) is 7.24. The highest BCUT2D eigenvalue weighted by Gasteiger charge is 2.10. The topological polar surface area (TPSA) is 42.3 Å². The van der Waals surface area contributed by atoms with Gasteiger partial charge in [-0.2, -0.15) is 0 Å². The van der Waals surface area contributed by atoms with Gasteiger partial charge in [-0.3, -0.25) is 4.90 Å². The normalized spacial score (nSPS) is 16.0. The van der Waals surface area contributed by atoms with Gasteiger partial charge in [0.25, 0.3) is 0 Å². The molecule has 0 atom stereocenters. The summed E-state index contributed by atoms with van der Waals surface area (Å²) in [5.74, 6) is 0.906. The lowest BCUT2D eigenvalue weighted by molar-refractivity contribution is 0.0369. The van der Waals surface area contributed by atoms with Crippen molar-refractivity contribution in [2.75, 3.05) is 38.2 Å². The number of anilines is 2. The number of rotatable bonds is 6. The fourth-order valence-electron chi connectivity index (χ4n) is 2.55. The molecule has 0 unspecified atom stereocenters. The molecule has 1 N–H and O–H groups in total. The molecule has 21 heavy (non-hydrogen) atoms. The number of benzene rings is 1. The van der Waals surface area contributed by atoms with Crippen molar-refractivity contribution < 1.29 is 4.74 Å². The lowest BCUT2D eigenvalue weighted by Crippen LogP contribution is -2.37. The van der Waals surface area contributed by atoms with Gasteiger partial charge in [-0.15, -0.1) is 0 Å². The Bertz CT molecular complexity index is 534. The van der Waals surface area contributed by atoms with Crippen LogP contribution in [-0.4, -0.2) is 47.3 Å². The number of aryl methyl sites for hydroxylation is 1. The van der Waals surface area contributed by atoms with Crippen LogP contribution in [-0.2, 0) is 11.3 Å². The van der Waals surface area contributed by atoms with E-state index in [0.717, 1.165) is 57.4 Å². The molecule has 0 radical (unpaired) electrons. The molecule has 1 aromatic heterocycles. The summed E-state index contributed by atoms with van der Waals surface area (Å²) in [6.45, 7) is 5.94. The maximum atomic E-state index is 5.37. The number of morpholine rings is 1. The monoisotopic (exact) mass is 286 g/mol. The van der Waals surface area contributed by atoms with Gasteiger partial charge in [0, 0.05) is 44.3 Å². The van der Waals surface area contributed by atoms with Gasteiger partial charge in [0.2, 0.25) is 5.95 Å². The van der Waals surface area contributed by atoms with Gasteiger partial charge in [-0.25, -0.2) is 4.98 Å². The van der Waals surface area contributed by atoms with Gasteiger partial charge in [0.1, 0.15) is 0 Å². The third kappa shape index (κ3) is 4.06. The standard InChI is InChI=1S/C16H22N4O/c1-2-5-15(6-3-1)18-16-17-7-10-20(16)9-4-8-19-11-13-21-14-12-19/h1-3,5-7,10H,4,8-9,11-14H2,(H,17,18). The number of para-hydroxylation sites is 1. The Morgan fingerprint density at radius 1 is 1.10 bits per heavy atom. The molecule has 1 fully saturated rings. The molecule has 3 rings (SSSR count). The Kier molecular flexibility index (Phi) is 4.86. The maximum Gasteiger partial charge on any atom is 0.207 e. The minimum Gasteiger partial charge on any atom is -0.379 e. The summed E-state index contributed by atoms with van der Waals surface area (Å²) in [4.78, 5) is 6.86. The lowest BCUT2D eigenvalue weighted by Gasteiger charge is -2.26. The van der Waals surface area contributed by atoms with Crippen LogP contribution in [0.25, 0.3) is 0 Å². The van der Waals surface area contributed by atoms with E-state index in [0.29, 0.717) is 0 Å². The van der Waals surface area contributed by atoms with Gasteiger partial charge in [0.15, 0.2) is 0 Å². The summed E-state index contributed by atoms with van der Waals surface area (Å²) in [6, 6.07) is 10.2. The molecule has 1 aliphatic rings. The molecule has 0 saturated carbocycles. The van der Waals surface area contributed by atoms with Crippen LogP contribution >= 0.6 is 0 Å². The number of aromatic nitrogens is 2. The van der Waals surface area contributed by atoms with Crippen LogP contribution in [0.2, 0.25) is 0 Å². The van der Waals surface area contributed by atoms with Crippen molar-refractivity contribution in [3.8, 4) is 0 Å². The van der Waals surface area contributed by atoms with Gasteiger partial charge < -0.3 is 14.6 Å². The van der Waals surface area contributed by atoms with Crippen LogP contribution in [0.4, 0.5) is 11.6 Å². The summed E-state index contributed by atoms with van der Waals surface area (Å²) >= 11 is 0. The second-order valence-corrected chi connectivity index (χ2v) is 5.24. The van der Waals surface area contributed by atoms with Crippen LogP contribution in [0.3, 0.4) is 0 Å². The minimum atomic E-state index is 0.867. The maximum absolute atomic E-state index is 5.37. The molecule has 1 aliphatic heterocycles. The van der Waals surface area contributed by atoms with Crippen LogP contribution < -0.4 is 5.32 Å². The summed E-state index contributed by atoms with van der Waals surface area (Å²) in [7, 11) is 0. The molecule has 5 heteroatoms. The number of nitrogens with zero attached hydrogens (tertiary/aromatic N) is 3. The van der Waals surface area contributed by atoms with Crippen LogP contribution in [0.5, 0.6) is 0 Å². The molecule has 0 aliphatic carbocycles. The van der Waals surface area contributed by atoms with E-state index in [1.807, 2.05) is 42.7 Å². The molecule has 5 nitrogen and oxygen atoms in total. The summed E-state index contributed by atoms with van der Waals surface area (Å²) < 4.78 is 7.54. The predicted molar refractivity (Wildman–Crippen MR) is 83.8 cm³/mol. The fourth-order valence-corrected chi connectivity index (χ4v) is 2.55. The second-order valence-electron chi connectivity index (χ2n) is 5.24. The van der Waals surface area contributed by atoms with Crippen LogP contribution in [0, 0.1) is 0 Å². The first kappa shape index (κ1) is 14.1. The Morgan fingerprint density at radius 2 is 1.90 bits per heavy atom. The number of hydrogen-bond acceptors (Lipinski definition) is 4. The van der Waals surface area contributed by atoms with E-state index in [-0.39, 0.29) is 0 Å². The number of nitrogens with one attached hydrogen (secondary N) is 1. The quantitative estimate of drug-likeness (QED) is 0.885. The van der Waals surface area contributed by atoms with E-state index in [1.54, 1.807) is 0 Å². The average Bonchev–Trinajstić information content (AvgIpc) is 2.97. The predicted octanol–water partition coefficient (Wildman–Crippen LogP) is 2.35. The lowest BCUT2D eigenvalue weighted by atomic mass is 10.3. The van der Waals surface area contributed by atoms with Gasteiger partial charge >= 0.3 is 0 Å². The van der Waals surface area contributed by atoms with Crippen molar-refractivity contribution in [3.63, 3.8) is 0 Å². The highest BCUT2D eigenvalue weighted by atomic mass is 16.5. The van der Waals surface area contributed by atoms with Crippen molar-refractivity contribution in [1.29, 1.82) is 0 Å². The molecule has 1 aromatic carbocycles. The molecule has 0 bridgehead atoms. The Labute approximate surface area is 125 Å². The zero-order valence-corrected chi connectivity index (χ0v) is 12.2. The molecule has 2 aromatic rings. The summed E-state index contributed by atoms with van der Waals surface area (Å²) in [6.07, 6.45) is 5.00. The van der Waals surface area contributed by atoms with Crippen molar-refractivity contribution in [2.45, 2.75) is 13.0 Å². The van der Waals surface area contributed by atoms with Gasteiger partial charge in [-0.1, -0.05) is 18.2 Å². The SMILES string of the molecule is c1ccc(Nc2nccn2CCCN2CCOCC2)cc1. The first-order valence-corrected chi connectivity index (χ1v) is 7.55. The van der Waals surface area contributed by atoms with E-state index in [9.17, 15) is 0 Å². The molecular weight excluding hydrogens is 264 g/mol. The van der Waals surface area contributed by atoms with E-state index in [2.05, 4.69) is 19.8 Å². The first-order valence-electron chi connectivity index (χ1n) is 7.55. The highest BCUT2D eigenvalue weighted by molar-refractivity contribution is 5.52. The largest absolute Gasteiger partial charge is 0.379 e. The van der Waals surface area contributed by atoms with Crippen molar-refractivity contribution >= 4 is 11.6 Å². The van der Waals surface area contributed by atoms with Crippen LogP contribution in [0.15, 0.2) is 42.7 Å². The van der Waals surface area contributed by atoms with Crippen molar-refractivity contribution in [2.24, 2.45) is 0 Å². The third-order valence-corrected chi connectivity index (χ3v) is 3.72. The highest BCUT2D eigenvalue weighted by Crippen LogP contribution is 2.14. The van der Waals surface area contributed by atoms with Crippen molar-refractivity contribution in [3.05, 3.63) is 42.7 Å². The molecule has 0 amide bonds. The van der Waals surface area contributed by atoms with Gasteiger partial charge in [-0.05, 0) is 18.6 Å². The molecule has 0 spiro atoms. The fraction of sp³-hybridized carbons (Fsp3) is 0.438. The summed E-state index contributed by atoms with van der Waals surface area (Å²) in [5.41, 5.74) is 1.07. The van der Waals surface area contributed by atoms with E-state index in [1.165, 1.54) is 0 Å². The summed E-state index contributed by atoms with van der Waals surface area (Å²) in [5, 5.41) is 3.36. The molecule has 112 valence electrons. The number of imidazole rings is 1. The molecule has 1 saturated heterocycles. The zero-order chi connectivity index (χ0) is 14.3. The Balaban J connectivity index is 1.50. The van der Waals surface area contributed by atoms with Crippen molar-refractivity contribution in [1.82, 2.24) is 14.5 Å². The van der Waals surface area contributed by atoms with Gasteiger partial charge in [0.05, 0.1) is 13.2 Å². The number of hydrogen-bond donors (Lipinski definition) is 1. The zero-order valence-electron chi connectivity index (χ0n) is 12.2. The van der Waals surface area contributed by atoms with E-state index >= 15 is 0 Å². The third-order valence-electron chi connectivity index (χ3n) is 3.72. The Hall–Kier alpha value is -1.85.